The van der Waals surface area contributed by atoms with Crippen molar-refractivity contribution < 1.29 is 8.42 Å². The van der Waals surface area contributed by atoms with E-state index in [1.807, 2.05) is 24.3 Å². The number of hydrogen-bond acceptors (Lipinski definition) is 3. The fourth-order valence-corrected chi connectivity index (χ4v) is 4.00. The van der Waals surface area contributed by atoms with Gasteiger partial charge in [-0.2, -0.15) is 0 Å². The Morgan fingerprint density at radius 3 is 2.24 bits per heavy atom. The lowest BCUT2D eigenvalue weighted by atomic mass is 10.1. The first-order valence-corrected chi connectivity index (χ1v) is 9.30. The van der Waals surface area contributed by atoms with E-state index in [4.69, 9.17) is 0 Å². The molecule has 0 heterocycles. The molecule has 0 radical (unpaired) electrons. The highest BCUT2D eigenvalue weighted by atomic mass is 32.2. The third kappa shape index (κ3) is 4.28. The molecule has 21 heavy (non-hydrogen) atoms. The summed E-state index contributed by atoms with van der Waals surface area (Å²) in [5.41, 5.74) is 2.17. The van der Waals surface area contributed by atoms with Crippen LogP contribution in [0.1, 0.15) is 44.2 Å². The predicted octanol–water partition coefficient (Wildman–Crippen LogP) is 2.16. The smallest absolute Gasteiger partial charge is 0.216 e. The average Bonchev–Trinajstić information content (AvgIpc) is 3.28. The van der Waals surface area contributed by atoms with Crippen LogP contribution in [0.2, 0.25) is 0 Å². The van der Waals surface area contributed by atoms with Crippen LogP contribution in [0.3, 0.4) is 0 Å². The highest BCUT2D eigenvalue weighted by Crippen LogP contribution is 2.45. The molecule has 5 heteroatoms. The molecule has 3 rings (SSSR count). The van der Waals surface area contributed by atoms with Gasteiger partial charge in [-0.25, -0.2) is 13.1 Å². The zero-order valence-corrected chi connectivity index (χ0v) is 13.5. The summed E-state index contributed by atoms with van der Waals surface area (Å²) >= 11 is 0. The van der Waals surface area contributed by atoms with Crippen LogP contribution in [0.4, 0.5) is 0 Å². The van der Waals surface area contributed by atoms with Crippen molar-refractivity contribution in [2.75, 3.05) is 0 Å². The van der Waals surface area contributed by atoms with E-state index in [1.165, 1.54) is 18.4 Å². The Balaban J connectivity index is 1.53. The Labute approximate surface area is 127 Å². The predicted molar refractivity (Wildman–Crippen MR) is 84.2 cm³/mol. The van der Waals surface area contributed by atoms with E-state index in [0.717, 1.165) is 18.5 Å². The summed E-state index contributed by atoms with van der Waals surface area (Å²) in [5.74, 6) is 0.0654. The molecular weight excluding hydrogens is 284 g/mol. The van der Waals surface area contributed by atoms with Gasteiger partial charge in [-0.15, -0.1) is 0 Å². The minimum Gasteiger partial charge on any atom is -0.310 e. The van der Waals surface area contributed by atoms with Crippen molar-refractivity contribution in [1.82, 2.24) is 10.0 Å². The van der Waals surface area contributed by atoms with E-state index >= 15 is 0 Å². The molecule has 0 aromatic heterocycles. The Kier molecular flexibility index (Phi) is 3.84. The maximum Gasteiger partial charge on any atom is 0.216 e. The summed E-state index contributed by atoms with van der Waals surface area (Å²) in [6.45, 7) is 5.04. The van der Waals surface area contributed by atoms with Crippen molar-refractivity contribution in [1.29, 1.82) is 0 Å². The fourth-order valence-electron chi connectivity index (χ4n) is 2.45. The van der Waals surface area contributed by atoms with Gasteiger partial charge in [-0.05, 0) is 35.8 Å². The van der Waals surface area contributed by atoms with Crippen molar-refractivity contribution in [3.05, 3.63) is 35.4 Å². The number of sulfonamides is 1. The molecule has 1 aromatic carbocycles. The summed E-state index contributed by atoms with van der Waals surface area (Å²) in [5, 5.41) is 3.45. The first-order chi connectivity index (χ1) is 9.84. The molecule has 0 saturated heterocycles. The van der Waals surface area contributed by atoms with Gasteiger partial charge in [0, 0.05) is 18.6 Å². The second kappa shape index (κ2) is 5.38. The molecule has 0 aliphatic heterocycles. The van der Waals surface area contributed by atoms with E-state index in [2.05, 4.69) is 23.9 Å². The van der Waals surface area contributed by atoms with Crippen molar-refractivity contribution in [3.8, 4) is 0 Å². The van der Waals surface area contributed by atoms with Gasteiger partial charge in [-0.1, -0.05) is 38.1 Å². The molecule has 0 spiro atoms. The highest BCUT2D eigenvalue weighted by molar-refractivity contribution is 7.88. The van der Waals surface area contributed by atoms with Crippen LogP contribution >= 0.6 is 0 Å². The minimum absolute atomic E-state index is 0.0654. The Morgan fingerprint density at radius 1 is 1.14 bits per heavy atom. The van der Waals surface area contributed by atoms with E-state index < -0.39 is 10.0 Å². The Bertz CT molecular complexity index is 604. The number of hydrogen-bond donors (Lipinski definition) is 2. The summed E-state index contributed by atoms with van der Waals surface area (Å²) in [4.78, 5) is 0. The van der Waals surface area contributed by atoms with Gasteiger partial charge in [-0.3, -0.25) is 0 Å². The Hall–Kier alpha value is -0.910. The lowest BCUT2D eigenvalue weighted by Gasteiger charge is -2.09. The maximum atomic E-state index is 12.1. The van der Waals surface area contributed by atoms with Crippen molar-refractivity contribution in [2.24, 2.45) is 5.41 Å². The van der Waals surface area contributed by atoms with Crippen LogP contribution in [0, 0.1) is 5.41 Å². The second-order valence-corrected chi connectivity index (χ2v) is 8.85. The summed E-state index contributed by atoms with van der Waals surface area (Å²) in [6, 6.07) is 8.66. The minimum atomic E-state index is -3.24. The quantitative estimate of drug-likeness (QED) is 0.811. The van der Waals surface area contributed by atoms with E-state index in [1.54, 1.807) is 0 Å². The molecule has 0 amide bonds. The average molecular weight is 308 g/mol. The lowest BCUT2D eigenvalue weighted by molar-refractivity contribution is 0.554. The zero-order valence-electron chi connectivity index (χ0n) is 12.7. The van der Waals surface area contributed by atoms with Crippen LogP contribution in [0.15, 0.2) is 24.3 Å². The number of nitrogens with one attached hydrogen (secondary N) is 2. The molecular formula is C16H24N2O2S. The third-order valence-corrected chi connectivity index (χ3v) is 5.74. The third-order valence-electron chi connectivity index (χ3n) is 4.39. The first-order valence-electron chi connectivity index (χ1n) is 7.65. The summed E-state index contributed by atoms with van der Waals surface area (Å²) in [7, 11) is -3.24. The van der Waals surface area contributed by atoms with Gasteiger partial charge in [0.1, 0.15) is 0 Å². The SMILES string of the molecule is CC1(C)CC1NS(=O)(=O)Cc1ccc(CNC2CC2)cc1. The largest absolute Gasteiger partial charge is 0.310 e. The molecule has 1 atom stereocenters. The van der Waals surface area contributed by atoms with Crippen LogP contribution in [-0.2, 0) is 22.3 Å². The topological polar surface area (TPSA) is 58.2 Å². The van der Waals surface area contributed by atoms with Gasteiger partial charge < -0.3 is 5.32 Å². The normalized spacial score (nSPS) is 24.0. The molecule has 2 aliphatic rings. The fraction of sp³-hybridized carbons (Fsp3) is 0.625. The van der Waals surface area contributed by atoms with E-state index in [9.17, 15) is 8.42 Å². The molecule has 1 aromatic rings. The maximum absolute atomic E-state index is 12.1. The standard InChI is InChI=1S/C16H24N2O2S/c1-16(2)9-15(16)18-21(19,20)11-13-5-3-12(4-6-13)10-17-14-7-8-14/h3-6,14-15,17-18H,7-11H2,1-2H3. The van der Waals surface area contributed by atoms with Crippen LogP contribution < -0.4 is 10.0 Å². The van der Waals surface area contributed by atoms with E-state index in [0.29, 0.717) is 6.04 Å². The molecule has 4 nitrogen and oxygen atoms in total. The lowest BCUT2D eigenvalue weighted by Crippen LogP contribution is -2.29. The van der Waals surface area contributed by atoms with Crippen LogP contribution in [-0.4, -0.2) is 20.5 Å². The first kappa shape index (κ1) is 15.0. The summed E-state index contributed by atoms with van der Waals surface area (Å²) < 4.78 is 27.0. The van der Waals surface area contributed by atoms with Crippen molar-refractivity contribution >= 4 is 10.0 Å². The molecule has 116 valence electrons. The number of benzene rings is 1. The monoisotopic (exact) mass is 308 g/mol. The van der Waals surface area contributed by atoms with Gasteiger partial charge in [0.05, 0.1) is 5.75 Å². The molecule has 0 bridgehead atoms. The molecule has 2 fully saturated rings. The molecule has 2 saturated carbocycles. The van der Waals surface area contributed by atoms with Gasteiger partial charge in [0.25, 0.3) is 0 Å². The molecule has 1 unspecified atom stereocenters. The summed E-state index contributed by atoms with van der Waals surface area (Å²) in [6.07, 6.45) is 3.48. The molecule has 2 N–H and O–H groups in total. The van der Waals surface area contributed by atoms with Gasteiger partial charge in [0.2, 0.25) is 10.0 Å². The van der Waals surface area contributed by atoms with Crippen molar-refractivity contribution in [2.45, 2.75) is 57.5 Å². The van der Waals surface area contributed by atoms with Crippen LogP contribution in [0.25, 0.3) is 0 Å². The zero-order chi connectivity index (χ0) is 15.1. The highest BCUT2D eigenvalue weighted by Gasteiger charge is 2.47. The Morgan fingerprint density at radius 2 is 1.71 bits per heavy atom. The van der Waals surface area contributed by atoms with Gasteiger partial charge in [0.15, 0.2) is 0 Å². The van der Waals surface area contributed by atoms with Gasteiger partial charge >= 0.3 is 0 Å². The van der Waals surface area contributed by atoms with E-state index in [-0.39, 0.29) is 17.2 Å². The number of rotatable bonds is 7. The second-order valence-electron chi connectivity index (χ2n) is 7.09. The molecule has 2 aliphatic carbocycles. The van der Waals surface area contributed by atoms with Crippen molar-refractivity contribution in [3.63, 3.8) is 0 Å². The van der Waals surface area contributed by atoms with Crippen LogP contribution in [0.5, 0.6) is 0 Å².